The van der Waals surface area contributed by atoms with Crippen LogP contribution in [-0.4, -0.2) is 13.2 Å². The van der Waals surface area contributed by atoms with Crippen molar-refractivity contribution in [3.8, 4) is 17.6 Å². The fourth-order valence-corrected chi connectivity index (χ4v) is 1.84. The van der Waals surface area contributed by atoms with Crippen molar-refractivity contribution in [3.63, 3.8) is 0 Å². The highest BCUT2D eigenvalue weighted by atomic mass is 35.5. The zero-order valence-electron chi connectivity index (χ0n) is 11.2. The Morgan fingerprint density at radius 2 is 1.67 bits per heavy atom. The number of benzene rings is 1. The van der Waals surface area contributed by atoms with Gasteiger partial charge in [0.2, 0.25) is 0 Å². The lowest BCUT2D eigenvalue weighted by Gasteiger charge is -2.21. The van der Waals surface area contributed by atoms with Gasteiger partial charge in [-0.15, -0.1) is 11.6 Å². The summed E-state index contributed by atoms with van der Waals surface area (Å²) in [4.78, 5) is -0.623. The Morgan fingerprint density at radius 3 is 2.06 bits per heavy atom. The summed E-state index contributed by atoms with van der Waals surface area (Å²) in [6.07, 6.45) is 0. The van der Waals surface area contributed by atoms with Crippen LogP contribution in [0.3, 0.4) is 0 Å². The lowest BCUT2D eigenvalue weighted by molar-refractivity contribution is 0.287. The molecular weight excluding hydrogens is 250 g/mol. The predicted octanol–water partition coefficient (Wildman–Crippen LogP) is 3.83. The van der Waals surface area contributed by atoms with Gasteiger partial charge in [-0.05, 0) is 39.3 Å². The molecule has 4 heteroatoms. The molecule has 98 valence electrons. The van der Waals surface area contributed by atoms with Crippen molar-refractivity contribution in [3.05, 3.63) is 23.3 Å². The van der Waals surface area contributed by atoms with E-state index in [4.69, 9.17) is 21.1 Å². The average Bonchev–Trinajstić information content (AvgIpc) is 2.30. The first-order valence-corrected chi connectivity index (χ1v) is 6.35. The lowest BCUT2D eigenvalue weighted by atomic mass is 9.96. The summed E-state index contributed by atoms with van der Waals surface area (Å²) in [7, 11) is 0. The number of rotatable bonds is 5. The molecule has 0 unspecified atom stereocenters. The van der Waals surface area contributed by atoms with Crippen molar-refractivity contribution in [2.24, 2.45) is 0 Å². The minimum atomic E-state index is -0.623. The summed E-state index contributed by atoms with van der Waals surface area (Å²) in [6.45, 7) is 8.55. The van der Waals surface area contributed by atoms with Gasteiger partial charge in [-0.25, -0.2) is 0 Å². The normalized spacial score (nSPS) is 10.9. The summed E-state index contributed by atoms with van der Waals surface area (Å²) in [5, 5.41) is 9.19. The zero-order chi connectivity index (χ0) is 13.8. The van der Waals surface area contributed by atoms with E-state index in [0.717, 1.165) is 5.56 Å². The molecule has 0 saturated heterocycles. The average molecular weight is 268 g/mol. The van der Waals surface area contributed by atoms with E-state index >= 15 is 0 Å². The van der Waals surface area contributed by atoms with Gasteiger partial charge in [0.1, 0.15) is 0 Å². The fourth-order valence-electron chi connectivity index (χ4n) is 1.68. The summed E-state index contributed by atoms with van der Waals surface area (Å²) in [6, 6.07) is 5.63. The number of halogens is 1. The molecule has 0 aromatic heterocycles. The third-order valence-corrected chi connectivity index (χ3v) is 2.65. The maximum atomic E-state index is 9.19. The Labute approximate surface area is 113 Å². The molecule has 18 heavy (non-hydrogen) atoms. The van der Waals surface area contributed by atoms with E-state index in [2.05, 4.69) is 6.07 Å². The van der Waals surface area contributed by atoms with Crippen LogP contribution in [0.2, 0.25) is 0 Å². The molecule has 1 rings (SSSR count). The molecule has 0 fully saturated rings. The molecule has 0 radical (unpaired) electrons. The largest absolute Gasteiger partial charge is 0.490 e. The molecule has 3 nitrogen and oxygen atoms in total. The monoisotopic (exact) mass is 267 g/mol. The van der Waals surface area contributed by atoms with Gasteiger partial charge in [0.15, 0.2) is 11.5 Å². The number of alkyl halides is 1. The van der Waals surface area contributed by atoms with Crippen LogP contribution in [0.4, 0.5) is 0 Å². The predicted molar refractivity (Wildman–Crippen MR) is 72.4 cm³/mol. The first-order valence-electron chi connectivity index (χ1n) is 5.97. The van der Waals surface area contributed by atoms with Crippen LogP contribution in [0, 0.1) is 11.3 Å². The Kier molecular flexibility index (Phi) is 4.86. The number of ether oxygens (including phenoxy) is 2. The van der Waals surface area contributed by atoms with Gasteiger partial charge < -0.3 is 9.47 Å². The Balaban J connectivity index is 3.37. The van der Waals surface area contributed by atoms with E-state index in [0.29, 0.717) is 30.3 Å². The third-order valence-electron chi connectivity index (χ3n) is 2.44. The van der Waals surface area contributed by atoms with Crippen LogP contribution in [0.5, 0.6) is 11.5 Å². The molecule has 0 bridgehead atoms. The zero-order valence-corrected chi connectivity index (χ0v) is 12.0. The molecular formula is C14H18ClNO2. The highest BCUT2D eigenvalue weighted by Crippen LogP contribution is 2.38. The van der Waals surface area contributed by atoms with E-state index in [1.54, 1.807) is 12.1 Å². The Bertz CT molecular complexity index is 458. The first kappa shape index (κ1) is 14.7. The van der Waals surface area contributed by atoms with Gasteiger partial charge in [0.25, 0.3) is 0 Å². The third kappa shape index (κ3) is 3.30. The van der Waals surface area contributed by atoms with Crippen molar-refractivity contribution in [2.45, 2.75) is 32.6 Å². The van der Waals surface area contributed by atoms with Crippen LogP contribution < -0.4 is 9.47 Å². The molecule has 0 atom stereocenters. The first-order chi connectivity index (χ1) is 8.43. The van der Waals surface area contributed by atoms with Gasteiger partial charge in [0.05, 0.1) is 29.7 Å². The van der Waals surface area contributed by atoms with Gasteiger partial charge in [-0.1, -0.05) is 0 Å². The molecule has 1 aromatic carbocycles. The molecule has 1 aromatic rings. The molecule has 0 aliphatic carbocycles. The second kappa shape index (κ2) is 5.97. The summed E-state index contributed by atoms with van der Waals surface area (Å²) >= 11 is 6.30. The minimum Gasteiger partial charge on any atom is -0.490 e. The van der Waals surface area contributed by atoms with Crippen LogP contribution in [0.15, 0.2) is 12.1 Å². The highest BCUT2D eigenvalue weighted by molar-refractivity contribution is 6.23. The van der Waals surface area contributed by atoms with E-state index < -0.39 is 4.87 Å². The van der Waals surface area contributed by atoms with Crippen LogP contribution in [0.25, 0.3) is 0 Å². The molecule has 0 aliphatic heterocycles. The number of hydrogen-bond acceptors (Lipinski definition) is 3. The molecule has 0 amide bonds. The van der Waals surface area contributed by atoms with Gasteiger partial charge in [-0.2, -0.15) is 5.26 Å². The standard InChI is InChI=1S/C14H18ClNO2/c1-5-17-12-7-10(9-16)11(14(3,4)15)8-13(12)18-6-2/h7-8H,5-6H2,1-4H3. The lowest BCUT2D eigenvalue weighted by Crippen LogP contribution is -2.11. The van der Waals surface area contributed by atoms with Gasteiger partial charge in [0, 0.05) is 6.07 Å². The fraction of sp³-hybridized carbons (Fsp3) is 0.500. The van der Waals surface area contributed by atoms with Crippen LogP contribution in [-0.2, 0) is 4.87 Å². The highest BCUT2D eigenvalue weighted by Gasteiger charge is 2.23. The molecule has 0 N–H and O–H groups in total. The van der Waals surface area contributed by atoms with Gasteiger partial charge in [-0.3, -0.25) is 0 Å². The second-order valence-corrected chi connectivity index (χ2v) is 5.24. The Morgan fingerprint density at radius 1 is 1.17 bits per heavy atom. The minimum absolute atomic E-state index is 0.516. The number of nitriles is 1. The SMILES string of the molecule is CCOc1cc(C#N)c(C(C)(C)Cl)cc1OCC. The number of hydrogen-bond donors (Lipinski definition) is 0. The summed E-state index contributed by atoms with van der Waals surface area (Å²) < 4.78 is 11.0. The van der Waals surface area contributed by atoms with E-state index in [1.807, 2.05) is 27.7 Å². The van der Waals surface area contributed by atoms with Crippen molar-refractivity contribution in [1.82, 2.24) is 0 Å². The Hall–Kier alpha value is -1.40. The van der Waals surface area contributed by atoms with Crippen molar-refractivity contribution < 1.29 is 9.47 Å². The van der Waals surface area contributed by atoms with E-state index in [1.165, 1.54) is 0 Å². The topological polar surface area (TPSA) is 42.2 Å². The molecule has 0 saturated carbocycles. The summed E-state index contributed by atoms with van der Waals surface area (Å²) in [5.41, 5.74) is 1.26. The maximum absolute atomic E-state index is 9.19. The molecule has 0 aliphatic rings. The van der Waals surface area contributed by atoms with Crippen LogP contribution in [0.1, 0.15) is 38.8 Å². The second-order valence-electron chi connectivity index (χ2n) is 4.29. The maximum Gasteiger partial charge on any atom is 0.162 e. The quantitative estimate of drug-likeness (QED) is 0.762. The smallest absolute Gasteiger partial charge is 0.162 e. The molecule has 0 heterocycles. The summed E-state index contributed by atoms with van der Waals surface area (Å²) in [5.74, 6) is 1.21. The van der Waals surface area contributed by atoms with Crippen LogP contribution >= 0.6 is 11.6 Å². The van der Waals surface area contributed by atoms with Gasteiger partial charge >= 0.3 is 0 Å². The van der Waals surface area contributed by atoms with E-state index in [9.17, 15) is 5.26 Å². The van der Waals surface area contributed by atoms with Crippen molar-refractivity contribution in [2.75, 3.05) is 13.2 Å². The molecule has 0 spiro atoms. The van der Waals surface area contributed by atoms with E-state index in [-0.39, 0.29) is 0 Å². The van der Waals surface area contributed by atoms with Crippen molar-refractivity contribution >= 4 is 11.6 Å². The number of nitrogens with zero attached hydrogens (tertiary/aromatic N) is 1. The van der Waals surface area contributed by atoms with Crippen molar-refractivity contribution in [1.29, 1.82) is 5.26 Å².